The van der Waals surface area contributed by atoms with Crippen LogP contribution in [0, 0.1) is 20.8 Å². The molecule has 4 heterocycles. The average Bonchev–Trinajstić information content (AvgIpc) is 3.30. The molecule has 7 heteroatoms. The number of hydrogen-bond donors (Lipinski definition) is 0. The quantitative estimate of drug-likeness (QED) is 0.711. The van der Waals surface area contributed by atoms with Crippen molar-refractivity contribution < 1.29 is 9.05 Å². The van der Waals surface area contributed by atoms with Crippen LogP contribution >= 0.6 is 11.3 Å². The zero-order valence-corrected chi connectivity index (χ0v) is 14.9. The molecule has 1 atom stereocenters. The maximum Gasteiger partial charge on any atom is 0.236 e. The largest absolute Gasteiger partial charge is 0.440 e. The fraction of sp³-hybridized carbons (Fsp3) is 0.471. The molecule has 1 fully saturated rings. The van der Waals surface area contributed by atoms with Crippen molar-refractivity contribution in [3.8, 4) is 10.8 Å². The summed E-state index contributed by atoms with van der Waals surface area (Å²) >= 11 is 1.71. The van der Waals surface area contributed by atoms with Gasteiger partial charge in [0.05, 0.1) is 16.6 Å². The second-order valence-corrected chi connectivity index (χ2v) is 7.58. The van der Waals surface area contributed by atoms with E-state index in [1.54, 1.807) is 11.3 Å². The minimum Gasteiger partial charge on any atom is -0.440 e. The Morgan fingerprint density at radius 1 is 1.25 bits per heavy atom. The Labute approximate surface area is 144 Å². The van der Waals surface area contributed by atoms with Crippen LogP contribution in [0.5, 0.6) is 0 Å². The monoisotopic (exact) mass is 344 g/mol. The van der Waals surface area contributed by atoms with Gasteiger partial charge in [-0.1, -0.05) is 10.3 Å². The van der Waals surface area contributed by atoms with E-state index in [0.717, 1.165) is 59.5 Å². The molecule has 0 aliphatic carbocycles. The number of thiophene rings is 1. The molecular weight excluding hydrogens is 324 g/mol. The average molecular weight is 344 g/mol. The Morgan fingerprint density at radius 3 is 2.83 bits per heavy atom. The van der Waals surface area contributed by atoms with E-state index in [-0.39, 0.29) is 6.04 Å². The molecule has 1 unspecified atom stereocenters. The summed E-state index contributed by atoms with van der Waals surface area (Å²) in [5.74, 6) is 1.60. The van der Waals surface area contributed by atoms with Crippen molar-refractivity contribution in [2.75, 3.05) is 6.54 Å². The molecule has 0 radical (unpaired) electrons. The predicted octanol–water partition coefficient (Wildman–Crippen LogP) is 4.05. The summed E-state index contributed by atoms with van der Waals surface area (Å²) in [5.41, 5.74) is 2.82. The molecule has 1 saturated heterocycles. The summed E-state index contributed by atoms with van der Waals surface area (Å²) in [6.45, 7) is 7.81. The van der Waals surface area contributed by atoms with Crippen LogP contribution in [0.15, 0.2) is 21.2 Å². The first-order chi connectivity index (χ1) is 11.6. The van der Waals surface area contributed by atoms with Gasteiger partial charge in [0.25, 0.3) is 0 Å². The van der Waals surface area contributed by atoms with Crippen molar-refractivity contribution in [1.82, 2.24) is 20.2 Å². The second-order valence-electron chi connectivity index (χ2n) is 6.30. The third-order valence-electron chi connectivity index (χ3n) is 4.56. The molecule has 126 valence electrons. The summed E-state index contributed by atoms with van der Waals surface area (Å²) in [5, 5.41) is 8.02. The van der Waals surface area contributed by atoms with E-state index in [0.29, 0.717) is 0 Å². The van der Waals surface area contributed by atoms with Gasteiger partial charge < -0.3 is 4.42 Å². The Kier molecular flexibility index (Phi) is 3.97. The van der Waals surface area contributed by atoms with Crippen LogP contribution in [0.1, 0.15) is 46.6 Å². The highest BCUT2D eigenvalue weighted by atomic mass is 32.1. The molecule has 6 nitrogen and oxygen atoms in total. The fourth-order valence-corrected chi connectivity index (χ4v) is 4.08. The van der Waals surface area contributed by atoms with Gasteiger partial charge in [-0.25, -0.2) is 9.61 Å². The topological polar surface area (TPSA) is 68.2 Å². The molecule has 0 amide bonds. The van der Waals surface area contributed by atoms with Gasteiger partial charge in [0.15, 0.2) is 0 Å². The van der Waals surface area contributed by atoms with E-state index in [1.807, 2.05) is 13.8 Å². The molecule has 4 rings (SSSR count). The third kappa shape index (κ3) is 2.78. The number of aryl methyl sites for hydroxylation is 3. The molecule has 0 saturated carbocycles. The standard InChI is InChI=1S/C17H20N4O2S/c1-10-6-7-15(24-10)17-18-13(12(3)22-17)9-21-8-4-5-14(21)16-11(2)19-23-20-16/h6-7,14H,4-5,8-9H2,1-3H3. The maximum atomic E-state index is 5.90. The number of nitrogens with zero attached hydrogens (tertiary/aromatic N) is 4. The van der Waals surface area contributed by atoms with Crippen molar-refractivity contribution in [2.45, 2.75) is 46.2 Å². The molecule has 0 N–H and O–H groups in total. The van der Waals surface area contributed by atoms with Crippen molar-refractivity contribution in [2.24, 2.45) is 0 Å². The van der Waals surface area contributed by atoms with Gasteiger partial charge in [-0.3, -0.25) is 4.90 Å². The number of rotatable bonds is 4. The van der Waals surface area contributed by atoms with Gasteiger partial charge in [-0.05, 0) is 52.3 Å². The van der Waals surface area contributed by atoms with Crippen LogP contribution in [-0.2, 0) is 6.54 Å². The molecule has 24 heavy (non-hydrogen) atoms. The smallest absolute Gasteiger partial charge is 0.236 e. The minimum atomic E-state index is 0.250. The van der Waals surface area contributed by atoms with Gasteiger partial charge in [0.1, 0.15) is 17.1 Å². The first-order valence-corrected chi connectivity index (χ1v) is 8.99. The fourth-order valence-electron chi connectivity index (χ4n) is 3.29. The number of oxazole rings is 1. The Bertz CT molecular complexity index is 851. The number of aromatic nitrogens is 3. The normalized spacial score (nSPS) is 18.5. The SMILES string of the molecule is Cc1ccc(-c2nc(CN3CCCC3c3nonc3C)c(C)o2)s1. The lowest BCUT2D eigenvalue weighted by Gasteiger charge is -2.21. The van der Waals surface area contributed by atoms with Crippen LogP contribution in [0.25, 0.3) is 10.8 Å². The highest BCUT2D eigenvalue weighted by Gasteiger charge is 2.31. The van der Waals surface area contributed by atoms with Gasteiger partial charge in [-0.2, -0.15) is 0 Å². The Morgan fingerprint density at radius 2 is 2.12 bits per heavy atom. The van der Waals surface area contributed by atoms with Crippen molar-refractivity contribution in [3.63, 3.8) is 0 Å². The molecule has 3 aromatic heterocycles. The zero-order valence-electron chi connectivity index (χ0n) is 14.1. The lowest BCUT2D eigenvalue weighted by atomic mass is 10.1. The van der Waals surface area contributed by atoms with Crippen LogP contribution in [0.2, 0.25) is 0 Å². The van der Waals surface area contributed by atoms with E-state index >= 15 is 0 Å². The van der Waals surface area contributed by atoms with Crippen molar-refractivity contribution in [1.29, 1.82) is 0 Å². The van der Waals surface area contributed by atoms with Gasteiger partial charge in [0, 0.05) is 11.4 Å². The van der Waals surface area contributed by atoms with Gasteiger partial charge in [0.2, 0.25) is 5.89 Å². The summed E-state index contributed by atoms with van der Waals surface area (Å²) in [7, 11) is 0. The second kappa shape index (κ2) is 6.14. The highest BCUT2D eigenvalue weighted by Crippen LogP contribution is 2.35. The first kappa shape index (κ1) is 15.5. The molecular formula is C17H20N4O2S. The number of likely N-dealkylation sites (tertiary alicyclic amines) is 1. The van der Waals surface area contributed by atoms with Crippen LogP contribution in [0.3, 0.4) is 0 Å². The molecule has 1 aliphatic heterocycles. The van der Waals surface area contributed by atoms with Crippen LogP contribution in [0.4, 0.5) is 0 Å². The molecule has 0 aromatic carbocycles. The highest BCUT2D eigenvalue weighted by molar-refractivity contribution is 7.15. The zero-order chi connectivity index (χ0) is 16.7. The van der Waals surface area contributed by atoms with Crippen molar-refractivity contribution in [3.05, 3.63) is 39.9 Å². The van der Waals surface area contributed by atoms with E-state index in [2.05, 4.69) is 34.3 Å². The first-order valence-electron chi connectivity index (χ1n) is 8.18. The van der Waals surface area contributed by atoms with Crippen LogP contribution in [-0.4, -0.2) is 26.7 Å². The summed E-state index contributed by atoms with van der Waals surface area (Å²) in [4.78, 5) is 9.47. The molecule has 3 aromatic rings. The van der Waals surface area contributed by atoms with E-state index in [1.165, 1.54) is 4.88 Å². The lowest BCUT2D eigenvalue weighted by Crippen LogP contribution is -2.24. The van der Waals surface area contributed by atoms with Crippen LogP contribution < -0.4 is 0 Å². The summed E-state index contributed by atoms with van der Waals surface area (Å²) < 4.78 is 10.8. The Balaban J connectivity index is 1.57. The maximum absolute atomic E-state index is 5.90. The minimum absolute atomic E-state index is 0.250. The molecule has 1 aliphatic rings. The van der Waals surface area contributed by atoms with E-state index in [4.69, 9.17) is 14.0 Å². The third-order valence-corrected chi connectivity index (χ3v) is 5.55. The molecule has 0 spiro atoms. The van der Waals surface area contributed by atoms with E-state index in [9.17, 15) is 0 Å². The van der Waals surface area contributed by atoms with Crippen molar-refractivity contribution >= 4 is 11.3 Å². The number of hydrogen-bond acceptors (Lipinski definition) is 7. The lowest BCUT2D eigenvalue weighted by molar-refractivity contribution is 0.228. The van der Waals surface area contributed by atoms with Gasteiger partial charge >= 0.3 is 0 Å². The predicted molar refractivity (Wildman–Crippen MR) is 90.7 cm³/mol. The van der Waals surface area contributed by atoms with E-state index < -0.39 is 0 Å². The van der Waals surface area contributed by atoms with Gasteiger partial charge in [-0.15, -0.1) is 11.3 Å². The molecule has 0 bridgehead atoms. The summed E-state index contributed by atoms with van der Waals surface area (Å²) in [6, 6.07) is 4.41. The Hall–Kier alpha value is -1.99. The summed E-state index contributed by atoms with van der Waals surface area (Å²) in [6.07, 6.45) is 2.22.